The van der Waals surface area contributed by atoms with Crippen LogP contribution < -0.4 is 0 Å². The summed E-state index contributed by atoms with van der Waals surface area (Å²) in [5.41, 5.74) is -0.517. The molecule has 1 N–H and O–H groups in total. The van der Waals surface area contributed by atoms with Crippen LogP contribution in [-0.2, 0) is 15.1 Å². The van der Waals surface area contributed by atoms with E-state index in [-0.39, 0.29) is 18.1 Å². The van der Waals surface area contributed by atoms with Crippen molar-refractivity contribution in [2.24, 2.45) is 5.92 Å². The van der Waals surface area contributed by atoms with Crippen molar-refractivity contribution >= 4 is 6.09 Å². The van der Waals surface area contributed by atoms with Crippen LogP contribution in [0.25, 0.3) is 0 Å². The fraction of sp³-hybridized carbons (Fsp3) is 0.714. The fourth-order valence-corrected chi connectivity index (χ4v) is 4.18. The van der Waals surface area contributed by atoms with Gasteiger partial charge in [0.25, 0.3) is 0 Å². The lowest BCUT2D eigenvalue weighted by molar-refractivity contribution is -0.130. The van der Waals surface area contributed by atoms with Gasteiger partial charge in [-0.1, -0.05) is 6.07 Å². The number of amides is 1. The number of fused-ring (bicyclic) bond motifs is 3. The number of hydrogen-bond donors (Lipinski definition) is 1. The maximum atomic E-state index is 12.4. The molecule has 3 unspecified atom stereocenters. The van der Waals surface area contributed by atoms with Crippen LogP contribution in [0.5, 0.6) is 0 Å². The third-order valence-corrected chi connectivity index (χ3v) is 5.55. The van der Waals surface area contributed by atoms with E-state index in [1.54, 1.807) is 17.3 Å². The molecule has 0 aromatic carbocycles. The third-order valence-electron chi connectivity index (χ3n) is 5.55. The molecule has 1 saturated carbocycles. The van der Waals surface area contributed by atoms with E-state index < -0.39 is 11.2 Å². The zero-order valence-corrected chi connectivity index (χ0v) is 16.7. The highest BCUT2D eigenvalue weighted by molar-refractivity contribution is 5.69. The van der Waals surface area contributed by atoms with Crippen LogP contribution in [0.1, 0.15) is 58.4 Å². The number of aliphatic hydroxyl groups is 1. The molecule has 4 fully saturated rings. The summed E-state index contributed by atoms with van der Waals surface area (Å²) in [6, 6.07) is 3.80. The normalized spacial score (nSPS) is 29.9. The van der Waals surface area contributed by atoms with E-state index in [9.17, 15) is 9.90 Å². The molecular formula is C21H32N2O4. The Labute approximate surface area is 161 Å². The molecule has 2 bridgehead atoms. The third kappa shape index (κ3) is 4.79. The lowest BCUT2D eigenvalue weighted by Gasteiger charge is -2.53. The maximum absolute atomic E-state index is 12.4. The lowest BCUT2D eigenvalue weighted by atomic mass is 9.66. The van der Waals surface area contributed by atoms with E-state index in [4.69, 9.17) is 9.47 Å². The quantitative estimate of drug-likeness (QED) is 0.812. The first-order valence-corrected chi connectivity index (χ1v) is 10.00. The highest BCUT2D eigenvalue weighted by atomic mass is 16.6. The zero-order chi connectivity index (χ0) is 19.5. The van der Waals surface area contributed by atoms with Gasteiger partial charge in [-0.15, -0.1) is 0 Å². The van der Waals surface area contributed by atoms with Crippen LogP contribution in [0.2, 0.25) is 0 Å². The summed E-state index contributed by atoms with van der Waals surface area (Å²) in [5.74, 6) is 0.0363. The molecular weight excluding hydrogens is 344 g/mol. The largest absolute Gasteiger partial charge is 0.444 e. The molecule has 1 amide bonds. The number of piperidine rings is 2. The van der Waals surface area contributed by atoms with Crippen LogP contribution in [0.15, 0.2) is 24.5 Å². The molecule has 3 aliphatic heterocycles. The van der Waals surface area contributed by atoms with Crippen LogP contribution in [-0.4, -0.2) is 52.5 Å². The van der Waals surface area contributed by atoms with E-state index in [0.29, 0.717) is 13.0 Å². The van der Waals surface area contributed by atoms with E-state index in [1.165, 1.54) is 12.8 Å². The minimum absolute atomic E-state index is 0.0325. The highest BCUT2D eigenvalue weighted by Gasteiger charge is 2.52. The Morgan fingerprint density at radius 3 is 2.56 bits per heavy atom. The second kappa shape index (κ2) is 8.15. The lowest BCUT2D eigenvalue weighted by Crippen LogP contribution is -2.61. The van der Waals surface area contributed by atoms with Crippen LogP contribution in [0, 0.1) is 5.92 Å². The van der Waals surface area contributed by atoms with Gasteiger partial charge < -0.3 is 19.5 Å². The minimum atomic E-state index is -0.879. The van der Waals surface area contributed by atoms with Crippen molar-refractivity contribution in [1.29, 1.82) is 0 Å². The highest BCUT2D eigenvalue weighted by Crippen LogP contribution is 2.47. The summed E-state index contributed by atoms with van der Waals surface area (Å²) in [5, 5.41) is 11.1. The Kier molecular flexibility index (Phi) is 6.06. The predicted octanol–water partition coefficient (Wildman–Crippen LogP) is 3.49. The molecule has 27 heavy (non-hydrogen) atoms. The Morgan fingerprint density at radius 1 is 1.33 bits per heavy atom. The summed E-state index contributed by atoms with van der Waals surface area (Å²) in [6.45, 7) is 8.17. The van der Waals surface area contributed by atoms with Crippen LogP contribution >= 0.6 is 0 Å². The van der Waals surface area contributed by atoms with E-state index in [1.807, 2.05) is 32.9 Å². The molecule has 1 aromatic heterocycles. The van der Waals surface area contributed by atoms with Gasteiger partial charge in [0, 0.05) is 56.1 Å². The molecule has 3 atom stereocenters. The van der Waals surface area contributed by atoms with Gasteiger partial charge in [-0.3, -0.25) is 4.98 Å². The van der Waals surface area contributed by atoms with Gasteiger partial charge in [0.2, 0.25) is 0 Å². The first kappa shape index (κ1) is 20.1. The number of carbonyl (C=O) groups excluding carboxylic acids is 1. The number of carbonyl (C=O) groups is 1. The topological polar surface area (TPSA) is 71.9 Å². The van der Waals surface area contributed by atoms with E-state index in [2.05, 4.69) is 4.98 Å². The molecule has 1 aliphatic carbocycles. The van der Waals surface area contributed by atoms with Gasteiger partial charge in [-0.05, 0) is 52.5 Å². The van der Waals surface area contributed by atoms with Gasteiger partial charge in [0.1, 0.15) is 5.60 Å². The Hall–Kier alpha value is -1.66. The molecule has 5 rings (SSSR count). The number of ether oxygens (including phenoxy) is 2. The van der Waals surface area contributed by atoms with Crippen molar-refractivity contribution in [3.8, 4) is 0 Å². The second-order valence-electron chi connectivity index (χ2n) is 8.75. The molecule has 6 nitrogen and oxygen atoms in total. The monoisotopic (exact) mass is 376 g/mol. The van der Waals surface area contributed by atoms with Gasteiger partial charge >= 0.3 is 6.09 Å². The molecule has 0 radical (unpaired) electrons. The van der Waals surface area contributed by atoms with Gasteiger partial charge in [-0.2, -0.15) is 0 Å². The molecule has 3 saturated heterocycles. The second-order valence-corrected chi connectivity index (χ2v) is 8.75. The summed E-state index contributed by atoms with van der Waals surface area (Å²) in [4.78, 5) is 18.3. The van der Waals surface area contributed by atoms with E-state index in [0.717, 1.165) is 31.6 Å². The van der Waals surface area contributed by atoms with Gasteiger partial charge in [-0.25, -0.2) is 4.79 Å². The smallest absolute Gasteiger partial charge is 0.410 e. The molecule has 1 aromatic rings. The summed E-state index contributed by atoms with van der Waals surface area (Å²) in [6.07, 6.45) is 8.14. The molecule has 0 spiro atoms. The van der Waals surface area contributed by atoms with Crippen molar-refractivity contribution in [3.63, 3.8) is 0 Å². The Bertz CT molecular complexity index is 619. The molecule has 4 heterocycles. The number of rotatable bonds is 1. The van der Waals surface area contributed by atoms with Crippen molar-refractivity contribution in [1.82, 2.24) is 9.88 Å². The SMILES string of the molecule is C1CCOC1.CC(C)(C)OC(=O)N1CC2CCC1CC2(O)c1cccnc1. The molecule has 4 aliphatic rings. The number of nitrogens with zero attached hydrogens (tertiary/aromatic N) is 2. The predicted molar refractivity (Wildman–Crippen MR) is 102 cm³/mol. The Balaban J connectivity index is 0.000000364. The zero-order valence-electron chi connectivity index (χ0n) is 16.7. The summed E-state index contributed by atoms with van der Waals surface area (Å²) >= 11 is 0. The molecule has 6 heteroatoms. The first-order chi connectivity index (χ1) is 12.8. The molecule has 150 valence electrons. The van der Waals surface area contributed by atoms with Crippen molar-refractivity contribution in [2.45, 2.75) is 70.1 Å². The van der Waals surface area contributed by atoms with Crippen LogP contribution in [0.4, 0.5) is 4.79 Å². The fourth-order valence-electron chi connectivity index (χ4n) is 4.18. The van der Waals surface area contributed by atoms with Gasteiger partial charge in [0.05, 0.1) is 5.60 Å². The number of aromatic nitrogens is 1. The first-order valence-electron chi connectivity index (χ1n) is 10.00. The average Bonchev–Trinajstić information content (AvgIpc) is 3.21. The summed E-state index contributed by atoms with van der Waals surface area (Å²) in [7, 11) is 0. The Morgan fingerprint density at radius 2 is 2.07 bits per heavy atom. The summed E-state index contributed by atoms with van der Waals surface area (Å²) < 4.78 is 10.4. The number of pyridine rings is 1. The van der Waals surface area contributed by atoms with Crippen LogP contribution in [0.3, 0.4) is 0 Å². The standard InChI is InChI=1S/C17H24N2O3.C4H8O/c1-16(2,3)22-15(20)19-11-13-6-7-14(19)9-17(13,21)12-5-4-8-18-10-12;1-2-4-5-3-1/h4-5,8,10,13-14,21H,6-7,9,11H2,1-3H3;1-4H2. The van der Waals surface area contributed by atoms with E-state index >= 15 is 0 Å². The average molecular weight is 376 g/mol. The minimum Gasteiger partial charge on any atom is -0.444 e. The van der Waals surface area contributed by atoms with Crippen molar-refractivity contribution in [2.75, 3.05) is 19.8 Å². The number of hydrogen-bond acceptors (Lipinski definition) is 5. The van der Waals surface area contributed by atoms with Gasteiger partial charge in [0.15, 0.2) is 0 Å². The maximum Gasteiger partial charge on any atom is 0.410 e. The van der Waals surface area contributed by atoms with Crippen molar-refractivity contribution in [3.05, 3.63) is 30.1 Å². The van der Waals surface area contributed by atoms with Crippen molar-refractivity contribution < 1.29 is 19.4 Å².